The van der Waals surface area contributed by atoms with Crippen LogP contribution in [-0.2, 0) is 0 Å². The molecule has 5 nitrogen and oxygen atoms in total. The fourth-order valence-electron chi connectivity index (χ4n) is 1.84. The van der Waals surface area contributed by atoms with Gasteiger partial charge in [0.05, 0.1) is 0 Å². The molecule has 7 heteroatoms. The molecule has 0 aliphatic rings. The molecule has 1 heterocycles. The molecule has 0 amide bonds. The molecule has 2 rings (SSSR count). The zero-order valence-electron chi connectivity index (χ0n) is 11.3. The topological polar surface area (TPSA) is 67.9 Å². The van der Waals surface area contributed by atoms with Crippen molar-refractivity contribution in [1.29, 1.82) is 0 Å². The van der Waals surface area contributed by atoms with Gasteiger partial charge < -0.3 is 10.6 Å². The average molecular weight is 312 g/mol. The molecule has 0 aliphatic heterocycles. The van der Waals surface area contributed by atoms with E-state index < -0.39 is 0 Å². The summed E-state index contributed by atoms with van der Waals surface area (Å²) < 4.78 is 0. The second-order valence-electron chi connectivity index (χ2n) is 4.15. The third kappa shape index (κ3) is 3.29. The van der Waals surface area contributed by atoms with Gasteiger partial charge in [-0.3, -0.25) is 0 Å². The van der Waals surface area contributed by atoms with Crippen LogP contribution in [0.5, 0.6) is 0 Å². The minimum Gasteiger partial charge on any atom is -0.368 e. The van der Waals surface area contributed by atoms with Gasteiger partial charge in [-0.05, 0) is 32.0 Å². The fraction of sp³-hybridized carbons (Fsp3) is 0.308. The molecule has 20 heavy (non-hydrogen) atoms. The Bertz CT molecular complexity index is 593. The van der Waals surface area contributed by atoms with Crippen molar-refractivity contribution in [3.8, 4) is 11.4 Å². The molecule has 0 saturated heterocycles. The van der Waals surface area contributed by atoms with Gasteiger partial charge >= 0.3 is 0 Å². The first kappa shape index (κ1) is 14.8. The molecule has 1 aromatic heterocycles. The Kier molecular flexibility index (Phi) is 4.62. The van der Waals surface area contributed by atoms with E-state index in [9.17, 15) is 0 Å². The second-order valence-corrected chi connectivity index (χ2v) is 5.02. The first-order valence-electron chi connectivity index (χ1n) is 6.26. The molecule has 0 fully saturated rings. The summed E-state index contributed by atoms with van der Waals surface area (Å²) in [6, 6.07) is 5.14. The maximum atomic E-state index is 6.00. The zero-order valence-corrected chi connectivity index (χ0v) is 12.8. The lowest BCUT2D eigenvalue weighted by atomic mass is 10.2. The third-order valence-corrected chi connectivity index (χ3v) is 3.24. The minimum absolute atomic E-state index is 0.174. The maximum Gasteiger partial charge on any atom is 0.230 e. The molecule has 0 bridgehead atoms. The van der Waals surface area contributed by atoms with E-state index in [-0.39, 0.29) is 5.95 Å². The van der Waals surface area contributed by atoms with Crippen LogP contribution in [0.15, 0.2) is 18.2 Å². The lowest BCUT2D eigenvalue weighted by Crippen LogP contribution is -2.25. The highest BCUT2D eigenvalue weighted by molar-refractivity contribution is 6.35. The normalized spacial score (nSPS) is 10.6. The number of aromatic nitrogens is 3. The average Bonchev–Trinajstić information content (AvgIpc) is 2.38. The highest BCUT2D eigenvalue weighted by Gasteiger charge is 2.12. The molecule has 0 radical (unpaired) electrons. The van der Waals surface area contributed by atoms with Crippen LogP contribution in [0, 0.1) is 0 Å². The van der Waals surface area contributed by atoms with Gasteiger partial charge in [-0.25, -0.2) is 0 Å². The summed E-state index contributed by atoms with van der Waals surface area (Å²) in [5, 5.41) is 1.05. The Morgan fingerprint density at radius 3 is 2.15 bits per heavy atom. The quantitative estimate of drug-likeness (QED) is 0.938. The van der Waals surface area contributed by atoms with Crippen molar-refractivity contribution < 1.29 is 0 Å². The molecule has 2 N–H and O–H groups in total. The minimum atomic E-state index is 0.174. The number of halogens is 2. The zero-order chi connectivity index (χ0) is 14.7. The maximum absolute atomic E-state index is 6.00. The summed E-state index contributed by atoms with van der Waals surface area (Å²) >= 11 is 12.0. The Morgan fingerprint density at radius 1 is 1.00 bits per heavy atom. The van der Waals surface area contributed by atoms with Crippen molar-refractivity contribution >= 4 is 35.1 Å². The number of rotatable bonds is 4. The molecule has 2 aromatic rings. The third-order valence-electron chi connectivity index (χ3n) is 2.81. The molecular weight excluding hydrogens is 297 g/mol. The molecule has 0 aliphatic carbocycles. The number of hydrogen-bond acceptors (Lipinski definition) is 5. The molecule has 0 unspecified atom stereocenters. The SMILES string of the molecule is CCN(CC)c1nc(N)nc(-c2cc(Cl)cc(Cl)c2)n1. The summed E-state index contributed by atoms with van der Waals surface area (Å²) in [5.74, 6) is 1.19. The van der Waals surface area contributed by atoms with E-state index in [2.05, 4.69) is 15.0 Å². The van der Waals surface area contributed by atoms with Crippen molar-refractivity contribution in [2.75, 3.05) is 23.7 Å². The lowest BCUT2D eigenvalue weighted by molar-refractivity contribution is 0.816. The van der Waals surface area contributed by atoms with Gasteiger partial charge in [-0.15, -0.1) is 0 Å². The molecule has 0 spiro atoms. The number of nitrogens with zero attached hydrogens (tertiary/aromatic N) is 4. The second kappa shape index (κ2) is 6.24. The van der Waals surface area contributed by atoms with Crippen LogP contribution in [0.4, 0.5) is 11.9 Å². The van der Waals surface area contributed by atoms with Gasteiger partial charge in [0.2, 0.25) is 11.9 Å². The highest BCUT2D eigenvalue weighted by Crippen LogP contribution is 2.26. The van der Waals surface area contributed by atoms with Crippen molar-refractivity contribution in [2.24, 2.45) is 0 Å². The van der Waals surface area contributed by atoms with Gasteiger partial charge in [0.1, 0.15) is 0 Å². The van der Waals surface area contributed by atoms with Crippen LogP contribution in [-0.4, -0.2) is 28.0 Å². The summed E-state index contributed by atoms with van der Waals surface area (Å²) in [6.45, 7) is 5.63. The summed E-state index contributed by atoms with van der Waals surface area (Å²) in [4.78, 5) is 14.7. The van der Waals surface area contributed by atoms with Crippen molar-refractivity contribution in [3.05, 3.63) is 28.2 Å². The monoisotopic (exact) mass is 311 g/mol. The first-order chi connectivity index (χ1) is 9.53. The predicted octanol–water partition coefficient (Wildman–Crippen LogP) is 3.27. The lowest BCUT2D eigenvalue weighted by Gasteiger charge is -2.18. The number of nitrogen functional groups attached to an aromatic ring is 1. The van der Waals surface area contributed by atoms with E-state index in [0.717, 1.165) is 13.1 Å². The van der Waals surface area contributed by atoms with Crippen molar-refractivity contribution in [2.45, 2.75) is 13.8 Å². The summed E-state index contributed by atoms with van der Waals surface area (Å²) in [7, 11) is 0. The van der Waals surface area contributed by atoms with E-state index in [4.69, 9.17) is 28.9 Å². The van der Waals surface area contributed by atoms with E-state index in [0.29, 0.717) is 27.4 Å². The van der Waals surface area contributed by atoms with Crippen LogP contribution in [0.3, 0.4) is 0 Å². The largest absolute Gasteiger partial charge is 0.368 e. The van der Waals surface area contributed by atoms with Crippen molar-refractivity contribution in [3.63, 3.8) is 0 Å². The van der Waals surface area contributed by atoms with Crippen LogP contribution in [0.1, 0.15) is 13.8 Å². The van der Waals surface area contributed by atoms with E-state index in [1.807, 2.05) is 18.7 Å². The fourth-order valence-corrected chi connectivity index (χ4v) is 2.37. The van der Waals surface area contributed by atoms with Crippen LogP contribution < -0.4 is 10.6 Å². The van der Waals surface area contributed by atoms with Crippen LogP contribution in [0.25, 0.3) is 11.4 Å². The number of anilines is 2. The Balaban J connectivity index is 2.51. The molecule has 0 atom stereocenters. The number of hydrogen-bond donors (Lipinski definition) is 1. The van der Waals surface area contributed by atoms with Gasteiger partial charge in [-0.2, -0.15) is 15.0 Å². The Hall–Kier alpha value is -1.59. The molecule has 106 valence electrons. The van der Waals surface area contributed by atoms with E-state index >= 15 is 0 Å². The first-order valence-corrected chi connectivity index (χ1v) is 7.02. The smallest absolute Gasteiger partial charge is 0.230 e. The van der Waals surface area contributed by atoms with Gasteiger partial charge in [0, 0.05) is 28.7 Å². The van der Waals surface area contributed by atoms with Crippen LogP contribution >= 0.6 is 23.2 Å². The van der Waals surface area contributed by atoms with E-state index in [1.165, 1.54) is 0 Å². The Morgan fingerprint density at radius 2 is 1.60 bits per heavy atom. The number of nitrogens with two attached hydrogens (primary N) is 1. The highest BCUT2D eigenvalue weighted by atomic mass is 35.5. The van der Waals surface area contributed by atoms with Crippen molar-refractivity contribution in [1.82, 2.24) is 15.0 Å². The molecular formula is C13H15Cl2N5. The summed E-state index contributed by atoms with van der Waals surface area (Å²) in [6.07, 6.45) is 0. The standard InChI is InChI=1S/C13H15Cl2N5/c1-3-20(4-2)13-18-11(17-12(16)19-13)8-5-9(14)7-10(15)6-8/h5-7H,3-4H2,1-2H3,(H2,16,17,18,19). The van der Waals surface area contributed by atoms with Gasteiger partial charge in [0.25, 0.3) is 0 Å². The molecule has 0 saturated carbocycles. The molecule has 1 aromatic carbocycles. The van der Waals surface area contributed by atoms with Crippen LogP contribution in [0.2, 0.25) is 10.0 Å². The van der Waals surface area contributed by atoms with Gasteiger partial charge in [-0.1, -0.05) is 23.2 Å². The summed E-state index contributed by atoms with van der Waals surface area (Å²) in [5.41, 5.74) is 6.48. The predicted molar refractivity (Wildman–Crippen MR) is 83.3 cm³/mol. The number of benzene rings is 1. The Labute approximate surface area is 127 Å². The van der Waals surface area contributed by atoms with Gasteiger partial charge in [0.15, 0.2) is 5.82 Å². The van der Waals surface area contributed by atoms with E-state index in [1.54, 1.807) is 18.2 Å².